The number of carbonyl (C=O) groups is 1. The Morgan fingerprint density at radius 1 is 1.50 bits per heavy atom. The van der Waals surface area contributed by atoms with Crippen LogP contribution in [0.3, 0.4) is 0 Å². The molecule has 1 fully saturated rings. The number of rotatable bonds is 6. The lowest BCUT2D eigenvalue weighted by Gasteiger charge is -2.32. The first-order chi connectivity index (χ1) is 9.58. The van der Waals surface area contributed by atoms with Gasteiger partial charge >= 0.3 is 0 Å². The Bertz CT molecular complexity index is 439. The van der Waals surface area contributed by atoms with Crippen molar-refractivity contribution in [1.29, 1.82) is 0 Å². The molecule has 1 aromatic rings. The van der Waals surface area contributed by atoms with E-state index in [4.69, 9.17) is 0 Å². The van der Waals surface area contributed by atoms with Gasteiger partial charge in [-0.3, -0.25) is 14.4 Å². The molecule has 0 radical (unpaired) electrons. The summed E-state index contributed by atoms with van der Waals surface area (Å²) in [5.41, 5.74) is 1.30. The Balaban J connectivity index is 1.87. The molecular weight excluding hydrogens is 250 g/mol. The smallest absolute Gasteiger partial charge is 0.146 e. The molecule has 0 amide bonds. The predicted octanol–water partition coefficient (Wildman–Crippen LogP) is 2.70. The van der Waals surface area contributed by atoms with Crippen molar-refractivity contribution >= 4 is 5.78 Å². The largest absolute Gasteiger partial charge is 0.298 e. The topological polar surface area (TPSA) is 38.1 Å². The highest BCUT2D eigenvalue weighted by Crippen LogP contribution is 2.19. The van der Waals surface area contributed by atoms with E-state index in [0.29, 0.717) is 30.6 Å². The van der Waals surface area contributed by atoms with Gasteiger partial charge in [0.1, 0.15) is 5.78 Å². The van der Waals surface area contributed by atoms with Gasteiger partial charge in [0.05, 0.1) is 12.7 Å². The zero-order valence-corrected chi connectivity index (χ0v) is 13.0. The minimum atomic E-state index is 0.354. The number of aromatic nitrogens is 2. The lowest BCUT2D eigenvalue weighted by Crippen LogP contribution is -2.40. The van der Waals surface area contributed by atoms with Gasteiger partial charge in [0.25, 0.3) is 0 Å². The fourth-order valence-corrected chi connectivity index (χ4v) is 2.85. The highest BCUT2D eigenvalue weighted by molar-refractivity contribution is 5.80. The van der Waals surface area contributed by atoms with E-state index in [1.807, 2.05) is 13.1 Å². The number of nitrogens with zero attached hydrogens (tertiary/aromatic N) is 3. The monoisotopic (exact) mass is 277 g/mol. The van der Waals surface area contributed by atoms with Gasteiger partial charge < -0.3 is 0 Å². The molecule has 1 aliphatic rings. The molecule has 112 valence electrons. The molecule has 4 nitrogen and oxygen atoms in total. The molecule has 1 saturated heterocycles. The van der Waals surface area contributed by atoms with Crippen molar-refractivity contribution in [2.75, 3.05) is 19.6 Å². The first kappa shape index (κ1) is 15.2. The third-order valence-electron chi connectivity index (χ3n) is 4.16. The molecule has 0 spiro atoms. The van der Waals surface area contributed by atoms with Crippen molar-refractivity contribution in [2.45, 2.75) is 52.5 Å². The van der Waals surface area contributed by atoms with Crippen molar-refractivity contribution in [3.8, 4) is 0 Å². The molecule has 1 aliphatic heterocycles. The van der Waals surface area contributed by atoms with E-state index in [-0.39, 0.29) is 0 Å². The van der Waals surface area contributed by atoms with Crippen LogP contribution in [0.1, 0.15) is 51.5 Å². The third kappa shape index (κ3) is 4.17. The number of hydrogen-bond acceptors (Lipinski definition) is 3. The Morgan fingerprint density at radius 3 is 2.95 bits per heavy atom. The molecule has 2 rings (SSSR count). The molecular formula is C16H27N3O. The predicted molar refractivity (Wildman–Crippen MR) is 80.8 cm³/mol. The molecule has 1 aromatic heterocycles. The van der Waals surface area contributed by atoms with Crippen LogP contribution in [-0.4, -0.2) is 40.1 Å². The Labute approximate surface area is 122 Å². The van der Waals surface area contributed by atoms with E-state index in [2.05, 4.69) is 34.7 Å². The lowest BCUT2D eigenvalue weighted by molar-refractivity contribution is -0.120. The molecule has 0 saturated carbocycles. The maximum absolute atomic E-state index is 11.6. The summed E-state index contributed by atoms with van der Waals surface area (Å²) in [6, 6.07) is 0. The van der Waals surface area contributed by atoms with Crippen LogP contribution in [0.5, 0.6) is 0 Å². The maximum atomic E-state index is 11.6. The van der Waals surface area contributed by atoms with Gasteiger partial charge in [0.15, 0.2) is 0 Å². The van der Waals surface area contributed by atoms with E-state index in [9.17, 15) is 4.79 Å². The van der Waals surface area contributed by atoms with Gasteiger partial charge in [0, 0.05) is 25.7 Å². The van der Waals surface area contributed by atoms with Gasteiger partial charge in [-0.25, -0.2) is 0 Å². The van der Waals surface area contributed by atoms with Crippen molar-refractivity contribution in [1.82, 2.24) is 14.7 Å². The Hall–Kier alpha value is -1.16. The Kier molecular flexibility index (Phi) is 5.35. The standard InChI is InChI=1S/C16H27N3O/c1-4-16(20)12-18-7-5-6-14(9-18)10-19-11-15(8-17-19)13(2)3/h8,11,13-14H,4-7,9-10,12H2,1-3H3. The van der Waals surface area contributed by atoms with Gasteiger partial charge in [-0.05, 0) is 36.8 Å². The first-order valence-corrected chi connectivity index (χ1v) is 7.85. The van der Waals surface area contributed by atoms with E-state index in [1.54, 1.807) is 0 Å². The normalized spacial score (nSPS) is 20.5. The average Bonchev–Trinajstić information content (AvgIpc) is 2.87. The number of hydrogen-bond donors (Lipinski definition) is 0. The summed E-state index contributed by atoms with van der Waals surface area (Å²) >= 11 is 0. The number of carbonyl (C=O) groups excluding carboxylic acids is 1. The molecule has 4 heteroatoms. The number of Topliss-reactive ketones (excluding diaryl/α,β-unsaturated/α-hetero) is 1. The highest BCUT2D eigenvalue weighted by Gasteiger charge is 2.21. The lowest BCUT2D eigenvalue weighted by atomic mass is 9.97. The van der Waals surface area contributed by atoms with Gasteiger partial charge in [0.2, 0.25) is 0 Å². The summed E-state index contributed by atoms with van der Waals surface area (Å²) in [6.45, 7) is 10.0. The number of likely N-dealkylation sites (tertiary alicyclic amines) is 1. The molecule has 1 atom stereocenters. The second kappa shape index (κ2) is 7.02. The van der Waals surface area contributed by atoms with Crippen LogP contribution >= 0.6 is 0 Å². The highest BCUT2D eigenvalue weighted by atomic mass is 16.1. The maximum Gasteiger partial charge on any atom is 0.146 e. The van der Waals surface area contributed by atoms with Crippen LogP contribution in [0.2, 0.25) is 0 Å². The average molecular weight is 277 g/mol. The van der Waals surface area contributed by atoms with Crippen molar-refractivity contribution in [3.05, 3.63) is 18.0 Å². The molecule has 0 aromatic carbocycles. The summed E-state index contributed by atoms with van der Waals surface area (Å²) < 4.78 is 2.07. The van der Waals surface area contributed by atoms with Crippen LogP contribution in [0.15, 0.2) is 12.4 Å². The van der Waals surface area contributed by atoms with Crippen LogP contribution < -0.4 is 0 Å². The van der Waals surface area contributed by atoms with Crippen LogP contribution in [0.25, 0.3) is 0 Å². The second-order valence-electron chi connectivity index (χ2n) is 6.29. The van der Waals surface area contributed by atoms with Crippen LogP contribution in [-0.2, 0) is 11.3 Å². The van der Waals surface area contributed by atoms with Crippen molar-refractivity contribution in [3.63, 3.8) is 0 Å². The number of piperidine rings is 1. The van der Waals surface area contributed by atoms with Gasteiger partial charge in [-0.15, -0.1) is 0 Å². The summed E-state index contributed by atoms with van der Waals surface area (Å²) in [4.78, 5) is 13.9. The van der Waals surface area contributed by atoms with E-state index in [0.717, 1.165) is 19.6 Å². The fourth-order valence-electron chi connectivity index (χ4n) is 2.85. The SMILES string of the molecule is CCC(=O)CN1CCCC(Cn2cc(C(C)C)cn2)C1. The molecule has 1 unspecified atom stereocenters. The molecule has 0 N–H and O–H groups in total. The van der Waals surface area contributed by atoms with Gasteiger partial charge in [-0.1, -0.05) is 20.8 Å². The van der Waals surface area contributed by atoms with E-state index < -0.39 is 0 Å². The summed E-state index contributed by atoms with van der Waals surface area (Å²) in [6.07, 6.45) is 7.23. The quantitative estimate of drug-likeness (QED) is 0.802. The molecule has 0 bridgehead atoms. The van der Waals surface area contributed by atoms with Crippen molar-refractivity contribution in [2.24, 2.45) is 5.92 Å². The summed E-state index contributed by atoms with van der Waals surface area (Å²) in [5, 5.41) is 4.46. The molecule has 20 heavy (non-hydrogen) atoms. The third-order valence-corrected chi connectivity index (χ3v) is 4.16. The minimum Gasteiger partial charge on any atom is -0.298 e. The zero-order chi connectivity index (χ0) is 14.5. The molecule has 2 heterocycles. The number of ketones is 1. The van der Waals surface area contributed by atoms with E-state index >= 15 is 0 Å². The van der Waals surface area contributed by atoms with Crippen LogP contribution in [0.4, 0.5) is 0 Å². The van der Waals surface area contributed by atoms with Crippen molar-refractivity contribution < 1.29 is 4.79 Å². The molecule has 0 aliphatic carbocycles. The summed E-state index contributed by atoms with van der Waals surface area (Å²) in [5.74, 6) is 1.51. The first-order valence-electron chi connectivity index (χ1n) is 7.85. The van der Waals surface area contributed by atoms with Gasteiger partial charge in [-0.2, -0.15) is 5.10 Å². The zero-order valence-electron chi connectivity index (χ0n) is 13.0. The van der Waals surface area contributed by atoms with Crippen LogP contribution in [0, 0.1) is 5.92 Å². The fraction of sp³-hybridized carbons (Fsp3) is 0.750. The summed E-state index contributed by atoms with van der Waals surface area (Å²) in [7, 11) is 0. The Morgan fingerprint density at radius 2 is 2.30 bits per heavy atom. The van der Waals surface area contributed by atoms with E-state index in [1.165, 1.54) is 18.4 Å². The second-order valence-corrected chi connectivity index (χ2v) is 6.29. The minimum absolute atomic E-state index is 0.354.